The van der Waals surface area contributed by atoms with Gasteiger partial charge in [-0.25, -0.2) is 0 Å². The van der Waals surface area contributed by atoms with Gasteiger partial charge >= 0.3 is 0 Å². The predicted octanol–water partition coefficient (Wildman–Crippen LogP) is 5.64. The fourth-order valence-electron chi connectivity index (χ4n) is 3.20. The van der Waals surface area contributed by atoms with E-state index >= 15 is 0 Å². The van der Waals surface area contributed by atoms with Gasteiger partial charge in [0, 0.05) is 6.54 Å². The highest BCUT2D eigenvalue weighted by Crippen LogP contribution is 2.32. The third-order valence-corrected chi connectivity index (χ3v) is 6.00. The maximum Gasteiger partial charge on any atom is 0.266 e. The molecule has 4 rings (SSSR count). The molecule has 3 nitrogen and oxygen atoms in total. The quantitative estimate of drug-likeness (QED) is 0.406. The van der Waals surface area contributed by atoms with Gasteiger partial charge in [-0.05, 0) is 47.0 Å². The van der Waals surface area contributed by atoms with Crippen molar-refractivity contribution in [1.29, 1.82) is 0 Å². The number of fused-ring (bicyclic) bond motifs is 1. The van der Waals surface area contributed by atoms with Gasteiger partial charge in [0.05, 0.1) is 4.91 Å². The number of rotatable bonds is 5. The van der Waals surface area contributed by atoms with E-state index in [4.69, 9.17) is 17.0 Å². The summed E-state index contributed by atoms with van der Waals surface area (Å²) in [6, 6.07) is 22.3. The molecule has 28 heavy (non-hydrogen) atoms. The van der Waals surface area contributed by atoms with Crippen LogP contribution in [0.5, 0.6) is 5.75 Å². The molecule has 0 unspecified atom stereocenters. The molecule has 0 aliphatic carbocycles. The topological polar surface area (TPSA) is 29.5 Å². The van der Waals surface area contributed by atoms with Crippen molar-refractivity contribution in [2.75, 3.05) is 6.54 Å². The number of hydrogen-bond donors (Lipinski definition) is 0. The Morgan fingerprint density at radius 2 is 1.86 bits per heavy atom. The fraction of sp³-hybridized carbons (Fsp3) is 0.130. The zero-order chi connectivity index (χ0) is 19.5. The minimum absolute atomic E-state index is 0.0282. The number of thiocarbonyl (C=S) groups is 1. The summed E-state index contributed by atoms with van der Waals surface area (Å²) in [7, 11) is 0. The number of carbonyl (C=O) groups is 1. The van der Waals surface area contributed by atoms with Gasteiger partial charge in [0.25, 0.3) is 5.91 Å². The molecule has 3 aromatic rings. The molecular formula is C23H19NO2S2. The SMILES string of the molecule is CCN1C(=O)/C(=C\c2cccc(OCc3cccc4ccccc34)c2)SC1=S. The van der Waals surface area contributed by atoms with Crippen LogP contribution in [0.4, 0.5) is 0 Å². The van der Waals surface area contributed by atoms with Crippen LogP contribution in [0.3, 0.4) is 0 Å². The molecule has 1 saturated heterocycles. The minimum atomic E-state index is -0.0282. The lowest BCUT2D eigenvalue weighted by Gasteiger charge is -2.10. The van der Waals surface area contributed by atoms with Gasteiger partial charge < -0.3 is 4.74 Å². The zero-order valence-electron chi connectivity index (χ0n) is 15.4. The molecule has 1 amide bonds. The van der Waals surface area contributed by atoms with Gasteiger partial charge in [-0.2, -0.15) is 0 Å². The van der Waals surface area contributed by atoms with E-state index in [-0.39, 0.29) is 5.91 Å². The summed E-state index contributed by atoms with van der Waals surface area (Å²) < 4.78 is 6.65. The van der Waals surface area contributed by atoms with E-state index in [0.717, 1.165) is 16.9 Å². The third kappa shape index (κ3) is 3.81. The van der Waals surface area contributed by atoms with E-state index < -0.39 is 0 Å². The van der Waals surface area contributed by atoms with Crippen molar-refractivity contribution in [3.05, 3.63) is 82.8 Å². The summed E-state index contributed by atoms with van der Waals surface area (Å²) in [6.45, 7) is 3.01. The van der Waals surface area contributed by atoms with Crippen LogP contribution < -0.4 is 4.74 Å². The number of ether oxygens (including phenoxy) is 1. The summed E-state index contributed by atoms with van der Waals surface area (Å²) >= 11 is 6.62. The van der Waals surface area contributed by atoms with Gasteiger partial charge in [0.2, 0.25) is 0 Å². The highest BCUT2D eigenvalue weighted by molar-refractivity contribution is 8.26. The maximum absolute atomic E-state index is 12.4. The van der Waals surface area contributed by atoms with Crippen molar-refractivity contribution in [1.82, 2.24) is 4.90 Å². The standard InChI is InChI=1S/C23H19NO2S2/c1-2-24-22(25)21(28-23(24)27)14-16-7-5-11-19(13-16)26-15-18-10-6-9-17-8-3-4-12-20(17)18/h3-14H,2,15H2,1H3/b21-14+. The molecule has 0 N–H and O–H groups in total. The zero-order valence-corrected chi connectivity index (χ0v) is 17.1. The van der Waals surface area contributed by atoms with Crippen molar-refractivity contribution in [2.45, 2.75) is 13.5 Å². The van der Waals surface area contributed by atoms with Gasteiger partial charge in [-0.1, -0.05) is 78.6 Å². The second-order valence-corrected chi connectivity index (χ2v) is 8.10. The normalized spacial score (nSPS) is 15.6. The fourth-order valence-corrected chi connectivity index (χ4v) is 4.58. The number of carbonyl (C=O) groups excluding carboxylic acids is 1. The Morgan fingerprint density at radius 3 is 2.68 bits per heavy atom. The number of likely N-dealkylation sites (N-methyl/N-ethyl adjacent to an activating group) is 1. The molecule has 0 spiro atoms. The summed E-state index contributed by atoms with van der Waals surface area (Å²) in [5.41, 5.74) is 2.07. The van der Waals surface area contributed by atoms with Crippen LogP contribution in [0.1, 0.15) is 18.1 Å². The molecule has 0 aromatic heterocycles. The molecule has 1 aliphatic rings. The van der Waals surface area contributed by atoms with E-state index in [1.54, 1.807) is 4.90 Å². The Labute approximate surface area is 174 Å². The van der Waals surface area contributed by atoms with Crippen LogP contribution in [0.25, 0.3) is 16.8 Å². The van der Waals surface area contributed by atoms with Crippen molar-refractivity contribution in [2.24, 2.45) is 0 Å². The average Bonchev–Trinajstić information content (AvgIpc) is 2.99. The first-order valence-corrected chi connectivity index (χ1v) is 10.3. The van der Waals surface area contributed by atoms with Crippen LogP contribution in [-0.2, 0) is 11.4 Å². The lowest BCUT2D eigenvalue weighted by atomic mass is 10.1. The molecule has 1 aliphatic heterocycles. The summed E-state index contributed by atoms with van der Waals surface area (Å²) in [5, 5.41) is 2.40. The summed E-state index contributed by atoms with van der Waals surface area (Å²) in [4.78, 5) is 14.7. The van der Waals surface area contributed by atoms with Gasteiger partial charge in [0.1, 0.15) is 16.7 Å². The predicted molar refractivity (Wildman–Crippen MR) is 120 cm³/mol. The third-order valence-electron chi connectivity index (χ3n) is 4.62. The number of thioether (sulfide) groups is 1. The van der Waals surface area contributed by atoms with Crippen LogP contribution in [0.15, 0.2) is 71.6 Å². The molecule has 3 aromatic carbocycles. The Bertz CT molecular complexity index is 1090. The van der Waals surface area contributed by atoms with Crippen molar-refractivity contribution < 1.29 is 9.53 Å². The first-order valence-electron chi connectivity index (χ1n) is 9.10. The number of hydrogen-bond acceptors (Lipinski definition) is 4. The van der Waals surface area contributed by atoms with Crippen molar-refractivity contribution in [3.8, 4) is 5.75 Å². The Hall–Kier alpha value is -2.63. The molecule has 5 heteroatoms. The molecule has 1 heterocycles. The average molecular weight is 406 g/mol. The van der Waals surface area contributed by atoms with Gasteiger partial charge in [0.15, 0.2) is 0 Å². The molecular weight excluding hydrogens is 386 g/mol. The van der Waals surface area contributed by atoms with Crippen LogP contribution in [-0.4, -0.2) is 21.7 Å². The highest BCUT2D eigenvalue weighted by atomic mass is 32.2. The lowest BCUT2D eigenvalue weighted by molar-refractivity contribution is -0.121. The van der Waals surface area contributed by atoms with Gasteiger partial charge in [-0.3, -0.25) is 9.69 Å². The highest BCUT2D eigenvalue weighted by Gasteiger charge is 2.30. The molecule has 0 saturated carbocycles. The maximum atomic E-state index is 12.4. The summed E-state index contributed by atoms with van der Waals surface area (Å²) in [5.74, 6) is 0.743. The number of nitrogens with zero attached hydrogens (tertiary/aromatic N) is 1. The first kappa shape index (κ1) is 18.7. The number of benzene rings is 3. The number of amides is 1. The van der Waals surface area contributed by atoms with E-state index in [2.05, 4.69) is 24.3 Å². The van der Waals surface area contributed by atoms with E-state index in [1.807, 2.05) is 55.5 Å². The molecule has 0 atom stereocenters. The van der Waals surface area contributed by atoms with E-state index in [1.165, 1.54) is 22.5 Å². The Morgan fingerprint density at radius 1 is 1.07 bits per heavy atom. The molecule has 140 valence electrons. The molecule has 1 fully saturated rings. The van der Waals surface area contributed by atoms with E-state index in [9.17, 15) is 4.79 Å². The Kier molecular flexibility index (Phi) is 5.46. The van der Waals surface area contributed by atoms with Crippen molar-refractivity contribution >= 4 is 51.1 Å². The minimum Gasteiger partial charge on any atom is -0.489 e. The van der Waals surface area contributed by atoms with Crippen LogP contribution >= 0.6 is 24.0 Å². The second kappa shape index (κ2) is 8.17. The smallest absolute Gasteiger partial charge is 0.266 e. The van der Waals surface area contributed by atoms with Crippen LogP contribution in [0.2, 0.25) is 0 Å². The second-order valence-electron chi connectivity index (χ2n) is 6.43. The Balaban J connectivity index is 1.52. The van der Waals surface area contributed by atoms with E-state index in [0.29, 0.717) is 22.4 Å². The molecule has 0 bridgehead atoms. The first-order chi connectivity index (χ1) is 13.7. The lowest BCUT2D eigenvalue weighted by Crippen LogP contribution is -2.27. The molecule has 0 radical (unpaired) electrons. The monoisotopic (exact) mass is 405 g/mol. The largest absolute Gasteiger partial charge is 0.489 e. The van der Waals surface area contributed by atoms with Crippen molar-refractivity contribution in [3.63, 3.8) is 0 Å². The summed E-state index contributed by atoms with van der Waals surface area (Å²) in [6.07, 6.45) is 1.87. The van der Waals surface area contributed by atoms with Crippen LogP contribution in [0, 0.1) is 0 Å². The van der Waals surface area contributed by atoms with Gasteiger partial charge in [-0.15, -0.1) is 0 Å².